The Morgan fingerprint density at radius 2 is 2.29 bits per heavy atom. The number of hydrogen-bond donors (Lipinski definition) is 0. The summed E-state index contributed by atoms with van der Waals surface area (Å²) >= 11 is 6.02. The lowest BCUT2D eigenvalue weighted by Gasteiger charge is -2.17. The van der Waals surface area contributed by atoms with Gasteiger partial charge in [0.2, 0.25) is 0 Å². The molecule has 0 heterocycles. The molecular formula is C10H16ClNO2. The van der Waals surface area contributed by atoms with E-state index in [2.05, 4.69) is 5.16 Å². The minimum Gasteiger partial charge on any atom is -0.318 e. The smallest absolute Gasteiger partial charge is 0.318 e. The van der Waals surface area contributed by atoms with Gasteiger partial charge in [-0.25, -0.2) is 4.79 Å². The van der Waals surface area contributed by atoms with Crippen LogP contribution in [0.25, 0.3) is 0 Å². The number of alkyl halides is 1. The van der Waals surface area contributed by atoms with E-state index in [0.29, 0.717) is 0 Å². The summed E-state index contributed by atoms with van der Waals surface area (Å²) < 4.78 is 0. The summed E-state index contributed by atoms with van der Waals surface area (Å²) in [6.45, 7) is 3.56. The minimum atomic E-state index is -0.299. The number of nitrogens with zero attached hydrogens (tertiary/aromatic N) is 1. The lowest BCUT2D eigenvalue weighted by Crippen LogP contribution is -2.21. The Labute approximate surface area is 89.4 Å². The van der Waals surface area contributed by atoms with E-state index in [9.17, 15) is 4.79 Å². The molecule has 1 aliphatic carbocycles. The van der Waals surface area contributed by atoms with Crippen LogP contribution in [0.2, 0.25) is 0 Å². The first-order valence-electron chi connectivity index (χ1n) is 5.03. The molecule has 0 saturated heterocycles. The monoisotopic (exact) mass is 217 g/mol. The topological polar surface area (TPSA) is 38.7 Å². The van der Waals surface area contributed by atoms with Crippen LogP contribution in [-0.4, -0.2) is 17.1 Å². The predicted octanol–water partition coefficient (Wildman–Crippen LogP) is 2.72. The molecule has 0 aromatic heterocycles. The summed E-state index contributed by atoms with van der Waals surface area (Å²) in [4.78, 5) is 15.9. The molecule has 0 radical (unpaired) electrons. The summed E-state index contributed by atoms with van der Waals surface area (Å²) in [6, 6.07) is 0. The fraction of sp³-hybridized carbons (Fsp3) is 0.800. The molecule has 14 heavy (non-hydrogen) atoms. The van der Waals surface area contributed by atoms with Crippen molar-refractivity contribution >= 4 is 23.3 Å². The highest BCUT2D eigenvalue weighted by atomic mass is 35.5. The fourth-order valence-electron chi connectivity index (χ4n) is 1.26. The highest BCUT2D eigenvalue weighted by Gasteiger charge is 2.19. The van der Waals surface area contributed by atoms with E-state index in [1.165, 1.54) is 0 Å². The molecule has 1 aliphatic rings. The molecular weight excluding hydrogens is 202 g/mol. The van der Waals surface area contributed by atoms with Crippen molar-refractivity contribution < 1.29 is 9.63 Å². The van der Waals surface area contributed by atoms with Crippen LogP contribution in [0.5, 0.6) is 0 Å². The van der Waals surface area contributed by atoms with Crippen molar-refractivity contribution in [2.45, 2.75) is 44.9 Å². The molecule has 0 bridgehead atoms. The first-order valence-corrected chi connectivity index (χ1v) is 5.46. The standard InChI is InChI=1S/C10H16ClNO2/c1-7(2)10(13)14-12-9-6-4-3-5-8(9)11/h7-8H,3-6H2,1-2H3. The Morgan fingerprint density at radius 3 is 2.86 bits per heavy atom. The van der Waals surface area contributed by atoms with Gasteiger partial charge in [-0.2, -0.15) is 0 Å². The molecule has 4 heteroatoms. The molecule has 1 rings (SSSR count). The average molecular weight is 218 g/mol. The van der Waals surface area contributed by atoms with Crippen LogP contribution in [0.1, 0.15) is 39.5 Å². The third-order valence-electron chi connectivity index (χ3n) is 2.23. The first kappa shape index (κ1) is 11.5. The third-order valence-corrected chi connectivity index (χ3v) is 2.70. The largest absolute Gasteiger partial charge is 0.337 e. The van der Waals surface area contributed by atoms with E-state index in [-0.39, 0.29) is 17.3 Å². The SMILES string of the molecule is CC(C)C(=O)ON=C1CCCCC1Cl. The van der Waals surface area contributed by atoms with Gasteiger partial charge in [-0.15, -0.1) is 11.6 Å². The maximum absolute atomic E-state index is 11.1. The van der Waals surface area contributed by atoms with Crippen molar-refractivity contribution in [1.29, 1.82) is 0 Å². The maximum Gasteiger partial charge on any atom is 0.337 e. The lowest BCUT2D eigenvalue weighted by atomic mass is 9.98. The van der Waals surface area contributed by atoms with Gasteiger partial charge < -0.3 is 4.84 Å². The van der Waals surface area contributed by atoms with Crippen LogP contribution >= 0.6 is 11.6 Å². The molecule has 0 N–H and O–H groups in total. The van der Waals surface area contributed by atoms with E-state index in [4.69, 9.17) is 16.4 Å². The zero-order valence-corrected chi connectivity index (χ0v) is 9.38. The van der Waals surface area contributed by atoms with Crippen molar-refractivity contribution in [2.75, 3.05) is 0 Å². The van der Waals surface area contributed by atoms with Gasteiger partial charge in [0.1, 0.15) is 0 Å². The lowest BCUT2D eigenvalue weighted by molar-refractivity contribution is -0.147. The van der Waals surface area contributed by atoms with E-state index in [0.717, 1.165) is 31.4 Å². The minimum absolute atomic E-state index is 0.0521. The summed E-state index contributed by atoms with van der Waals surface area (Å²) in [7, 11) is 0. The highest BCUT2D eigenvalue weighted by Crippen LogP contribution is 2.20. The van der Waals surface area contributed by atoms with Gasteiger partial charge in [-0.05, 0) is 19.3 Å². The van der Waals surface area contributed by atoms with Crippen molar-refractivity contribution in [3.63, 3.8) is 0 Å². The summed E-state index contributed by atoms with van der Waals surface area (Å²) in [5.41, 5.74) is 0.812. The second-order valence-electron chi connectivity index (χ2n) is 3.86. The molecule has 1 atom stereocenters. The quantitative estimate of drug-likeness (QED) is 0.405. The number of rotatable bonds is 2. The van der Waals surface area contributed by atoms with E-state index in [1.807, 2.05) is 0 Å². The Hall–Kier alpha value is -0.570. The summed E-state index contributed by atoms with van der Waals surface area (Å²) in [6.07, 6.45) is 3.99. The van der Waals surface area contributed by atoms with Crippen molar-refractivity contribution in [2.24, 2.45) is 11.1 Å². The number of carbonyl (C=O) groups is 1. The first-order chi connectivity index (χ1) is 6.61. The van der Waals surface area contributed by atoms with Crippen molar-refractivity contribution in [1.82, 2.24) is 0 Å². The van der Waals surface area contributed by atoms with Crippen LogP contribution in [0, 0.1) is 5.92 Å². The molecule has 1 saturated carbocycles. The highest BCUT2D eigenvalue weighted by molar-refractivity contribution is 6.32. The Morgan fingerprint density at radius 1 is 1.57 bits per heavy atom. The normalized spacial score (nSPS) is 25.4. The third kappa shape index (κ3) is 3.29. The number of hydrogen-bond acceptors (Lipinski definition) is 3. The molecule has 0 amide bonds. The molecule has 0 aromatic carbocycles. The van der Waals surface area contributed by atoms with Gasteiger partial charge in [-0.1, -0.05) is 25.4 Å². The summed E-state index contributed by atoms with van der Waals surface area (Å²) in [5, 5.41) is 3.77. The van der Waals surface area contributed by atoms with Gasteiger partial charge >= 0.3 is 5.97 Å². The molecule has 0 aliphatic heterocycles. The van der Waals surface area contributed by atoms with Gasteiger partial charge in [0.05, 0.1) is 17.0 Å². The molecule has 3 nitrogen and oxygen atoms in total. The zero-order chi connectivity index (χ0) is 10.6. The van der Waals surface area contributed by atoms with Crippen LogP contribution in [-0.2, 0) is 9.63 Å². The van der Waals surface area contributed by atoms with Crippen LogP contribution in [0.15, 0.2) is 5.16 Å². The number of halogens is 1. The second-order valence-corrected chi connectivity index (χ2v) is 4.39. The Kier molecular flexibility index (Phi) is 4.39. The van der Waals surface area contributed by atoms with E-state index in [1.54, 1.807) is 13.8 Å². The van der Waals surface area contributed by atoms with Gasteiger partial charge in [0.15, 0.2) is 0 Å². The van der Waals surface area contributed by atoms with Gasteiger partial charge in [0.25, 0.3) is 0 Å². The second kappa shape index (κ2) is 5.35. The summed E-state index contributed by atoms with van der Waals surface area (Å²) in [5.74, 6) is -0.441. The average Bonchev–Trinajstić information content (AvgIpc) is 2.16. The molecule has 0 spiro atoms. The van der Waals surface area contributed by atoms with Crippen LogP contribution in [0.4, 0.5) is 0 Å². The predicted molar refractivity (Wildman–Crippen MR) is 56.5 cm³/mol. The van der Waals surface area contributed by atoms with Gasteiger partial charge in [0, 0.05) is 0 Å². The molecule has 80 valence electrons. The van der Waals surface area contributed by atoms with E-state index >= 15 is 0 Å². The molecule has 1 fully saturated rings. The van der Waals surface area contributed by atoms with Gasteiger partial charge in [-0.3, -0.25) is 0 Å². The number of oxime groups is 1. The number of carbonyl (C=O) groups excluding carboxylic acids is 1. The molecule has 1 unspecified atom stereocenters. The Balaban J connectivity index is 2.46. The fourth-order valence-corrected chi connectivity index (χ4v) is 1.57. The maximum atomic E-state index is 11.1. The molecule has 0 aromatic rings. The van der Waals surface area contributed by atoms with Crippen molar-refractivity contribution in [3.8, 4) is 0 Å². The van der Waals surface area contributed by atoms with Crippen LogP contribution < -0.4 is 0 Å². The van der Waals surface area contributed by atoms with E-state index < -0.39 is 0 Å². The Bertz CT molecular complexity index is 238. The zero-order valence-electron chi connectivity index (χ0n) is 8.62. The van der Waals surface area contributed by atoms with Crippen LogP contribution in [0.3, 0.4) is 0 Å². The van der Waals surface area contributed by atoms with Crippen molar-refractivity contribution in [3.05, 3.63) is 0 Å².